The number of nitrogens with two attached hydrogens (primary N) is 1. The summed E-state index contributed by atoms with van der Waals surface area (Å²) in [4.78, 5) is 12.3. The maximum Gasteiger partial charge on any atom is 0.231 e. The largest absolute Gasteiger partial charge is 0.329 e. The van der Waals surface area contributed by atoms with Gasteiger partial charge in [0.15, 0.2) is 0 Å². The Morgan fingerprint density at radius 3 is 2.21 bits per heavy atom. The number of aryl methyl sites for hydroxylation is 2. The lowest BCUT2D eigenvalue weighted by Crippen LogP contribution is -2.41. The Labute approximate surface area is 122 Å². The standard InChI is InChI=1S/C15H24N2O.ClH/c1-5-15(6-2,10-16)14(18)17-13-8-7-11(3)12(4)9-13;/h7-9H,5-6,10,16H2,1-4H3,(H,17,18);1H. The first-order valence-electron chi connectivity index (χ1n) is 6.58. The van der Waals surface area contributed by atoms with Crippen LogP contribution in [-0.4, -0.2) is 12.5 Å². The van der Waals surface area contributed by atoms with Gasteiger partial charge in [-0.15, -0.1) is 12.4 Å². The molecule has 1 aromatic carbocycles. The molecular weight excluding hydrogens is 260 g/mol. The van der Waals surface area contributed by atoms with E-state index < -0.39 is 5.41 Å². The van der Waals surface area contributed by atoms with Gasteiger partial charge in [-0.05, 0) is 49.9 Å². The van der Waals surface area contributed by atoms with Crippen molar-refractivity contribution < 1.29 is 4.79 Å². The number of hydrogen-bond acceptors (Lipinski definition) is 2. The number of nitrogens with one attached hydrogen (secondary N) is 1. The van der Waals surface area contributed by atoms with Crippen molar-refractivity contribution in [3.05, 3.63) is 29.3 Å². The van der Waals surface area contributed by atoms with Gasteiger partial charge in [0.05, 0.1) is 5.41 Å². The SMILES string of the molecule is CCC(CC)(CN)C(=O)Nc1ccc(C)c(C)c1.Cl. The summed E-state index contributed by atoms with van der Waals surface area (Å²) in [5.41, 5.74) is 8.59. The van der Waals surface area contributed by atoms with E-state index in [0.29, 0.717) is 6.54 Å². The molecule has 0 radical (unpaired) electrons. The first kappa shape index (κ1) is 17.9. The number of anilines is 1. The molecule has 0 aliphatic heterocycles. The molecule has 4 heteroatoms. The van der Waals surface area contributed by atoms with Crippen molar-refractivity contribution in [1.29, 1.82) is 0 Å². The van der Waals surface area contributed by atoms with Gasteiger partial charge < -0.3 is 11.1 Å². The van der Waals surface area contributed by atoms with Gasteiger partial charge in [0.25, 0.3) is 0 Å². The highest BCUT2D eigenvalue weighted by Crippen LogP contribution is 2.27. The third kappa shape index (κ3) is 3.95. The van der Waals surface area contributed by atoms with Crippen LogP contribution in [0.2, 0.25) is 0 Å². The molecule has 0 saturated heterocycles. The number of benzene rings is 1. The summed E-state index contributed by atoms with van der Waals surface area (Å²) in [6, 6.07) is 5.96. The van der Waals surface area contributed by atoms with Gasteiger partial charge in [-0.25, -0.2) is 0 Å². The van der Waals surface area contributed by atoms with Crippen LogP contribution in [0.1, 0.15) is 37.8 Å². The Bertz CT molecular complexity index is 420. The second-order valence-electron chi connectivity index (χ2n) is 4.94. The van der Waals surface area contributed by atoms with Gasteiger partial charge in [0.1, 0.15) is 0 Å². The summed E-state index contributed by atoms with van der Waals surface area (Å²) < 4.78 is 0. The van der Waals surface area contributed by atoms with Crippen LogP contribution in [0.15, 0.2) is 18.2 Å². The van der Waals surface area contributed by atoms with Crippen molar-refractivity contribution in [1.82, 2.24) is 0 Å². The Hall–Kier alpha value is -1.06. The van der Waals surface area contributed by atoms with E-state index in [-0.39, 0.29) is 18.3 Å². The molecule has 0 aromatic heterocycles. The van der Waals surface area contributed by atoms with Crippen molar-refractivity contribution in [3.63, 3.8) is 0 Å². The highest BCUT2D eigenvalue weighted by Gasteiger charge is 2.33. The van der Waals surface area contributed by atoms with Gasteiger partial charge in [0, 0.05) is 12.2 Å². The van der Waals surface area contributed by atoms with E-state index in [1.165, 1.54) is 11.1 Å². The third-order valence-corrected chi connectivity index (χ3v) is 3.99. The number of hydrogen-bond donors (Lipinski definition) is 2. The van der Waals surface area contributed by atoms with Crippen molar-refractivity contribution >= 4 is 24.0 Å². The zero-order valence-corrected chi connectivity index (χ0v) is 13.1. The number of carbonyl (C=O) groups is 1. The summed E-state index contributed by atoms with van der Waals surface area (Å²) in [6.07, 6.45) is 1.52. The molecule has 19 heavy (non-hydrogen) atoms. The molecule has 0 spiro atoms. The average molecular weight is 285 g/mol. The molecule has 1 amide bonds. The van der Waals surface area contributed by atoms with Crippen molar-refractivity contribution in [3.8, 4) is 0 Å². The monoisotopic (exact) mass is 284 g/mol. The Kier molecular flexibility index (Phi) is 7.09. The van der Waals surface area contributed by atoms with E-state index in [1.807, 2.05) is 39.0 Å². The lowest BCUT2D eigenvalue weighted by Gasteiger charge is -2.28. The maximum atomic E-state index is 12.3. The third-order valence-electron chi connectivity index (χ3n) is 3.99. The molecule has 0 unspecified atom stereocenters. The highest BCUT2D eigenvalue weighted by atomic mass is 35.5. The predicted molar refractivity (Wildman–Crippen MR) is 83.9 cm³/mol. The first-order chi connectivity index (χ1) is 8.49. The molecule has 0 heterocycles. The average Bonchev–Trinajstić information content (AvgIpc) is 2.37. The minimum atomic E-state index is -0.446. The van der Waals surface area contributed by atoms with E-state index in [1.54, 1.807) is 0 Å². The molecule has 0 saturated carbocycles. The summed E-state index contributed by atoms with van der Waals surface area (Å²) in [6.45, 7) is 8.51. The number of amides is 1. The van der Waals surface area contributed by atoms with Crippen LogP contribution in [0.5, 0.6) is 0 Å². The van der Waals surface area contributed by atoms with Crippen LogP contribution in [0.3, 0.4) is 0 Å². The Balaban J connectivity index is 0.00000324. The predicted octanol–water partition coefficient (Wildman–Crippen LogP) is 3.43. The zero-order chi connectivity index (χ0) is 13.8. The molecule has 0 bridgehead atoms. The van der Waals surface area contributed by atoms with E-state index in [9.17, 15) is 4.79 Å². The summed E-state index contributed by atoms with van der Waals surface area (Å²) >= 11 is 0. The number of rotatable bonds is 5. The first-order valence-corrected chi connectivity index (χ1v) is 6.58. The van der Waals surface area contributed by atoms with Crippen LogP contribution >= 0.6 is 12.4 Å². The molecule has 1 aromatic rings. The fourth-order valence-corrected chi connectivity index (χ4v) is 2.04. The molecule has 0 fully saturated rings. The second-order valence-corrected chi connectivity index (χ2v) is 4.94. The minimum absolute atomic E-state index is 0. The highest BCUT2D eigenvalue weighted by molar-refractivity contribution is 5.95. The lowest BCUT2D eigenvalue weighted by molar-refractivity contribution is -0.125. The van der Waals surface area contributed by atoms with Crippen LogP contribution in [-0.2, 0) is 4.79 Å². The lowest BCUT2D eigenvalue weighted by atomic mass is 9.81. The van der Waals surface area contributed by atoms with E-state index in [2.05, 4.69) is 12.2 Å². The zero-order valence-electron chi connectivity index (χ0n) is 12.2. The van der Waals surface area contributed by atoms with Gasteiger partial charge in [0.2, 0.25) is 5.91 Å². The summed E-state index contributed by atoms with van der Waals surface area (Å²) in [5, 5.41) is 2.98. The maximum absolute atomic E-state index is 12.3. The number of carbonyl (C=O) groups excluding carboxylic acids is 1. The van der Waals surface area contributed by atoms with Crippen LogP contribution in [0, 0.1) is 19.3 Å². The van der Waals surface area contributed by atoms with Crippen molar-refractivity contribution in [2.45, 2.75) is 40.5 Å². The Morgan fingerprint density at radius 1 is 1.21 bits per heavy atom. The van der Waals surface area contributed by atoms with Crippen molar-refractivity contribution in [2.24, 2.45) is 11.1 Å². The molecule has 0 atom stereocenters. The summed E-state index contributed by atoms with van der Waals surface area (Å²) in [5.74, 6) is 0.0262. The van der Waals surface area contributed by atoms with Gasteiger partial charge >= 0.3 is 0 Å². The molecule has 108 valence electrons. The quantitative estimate of drug-likeness (QED) is 0.870. The molecule has 0 aliphatic rings. The van der Waals surface area contributed by atoms with Gasteiger partial charge in [-0.1, -0.05) is 19.9 Å². The van der Waals surface area contributed by atoms with E-state index >= 15 is 0 Å². The summed E-state index contributed by atoms with van der Waals surface area (Å²) in [7, 11) is 0. The Morgan fingerprint density at radius 2 is 1.79 bits per heavy atom. The molecule has 1 rings (SSSR count). The molecule has 0 aliphatic carbocycles. The van der Waals surface area contributed by atoms with Crippen LogP contribution < -0.4 is 11.1 Å². The van der Waals surface area contributed by atoms with Gasteiger partial charge in [-0.3, -0.25) is 4.79 Å². The van der Waals surface area contributed by atoms with E-state index in [4.69, 9.17) is 5.73 Å². The van der Waals surface area contributed by atoms with Crippen molar-refractivity contribution in [2.75, 3.05) is 11.9 Å². The normalized spacial score (nSPS) is 10.8. The fourth-order valence-electron chi connectivity index (χ4n) is 2.04. The van der Waals surface area contributed by atoms with Gasteiger partial charge in [-0.2, -0.15) is 0 Å². The molecule has 3 nitrogen and oxygen atoms in total. The fraction of sp³-hybridized carbons (Fsp3) is 0.533. The topological polar surface area (TPSA) is 55.1 Å². The minimum Gasteiger partial charge on any atom is -0.329 e. The molecular formula is C15H25ClN2O. The molecule has 3 N–H and O–H groups in total. The second kappa shape index (κ2) is 7.51. The smallest absolute Gasteiger partial charge is 0.231 e. The van der Waals surface area contributed by atoms with E-state index in [0.717, 1.165) is 18.5 Å². The van der Waals surface area contributed by atoms with Crippen LogP contribution in [0.25, 0.3) is 0 Å². The van der Waals surface area contributed by atoms with Crippen LogP contribution in [0.4, 0.5) is 5.69 Å². The number of halogens is 1.